The van der Waals surface area contributed by atoms with Crippen molar-refractivity contribution in [1.82, 2.24) is 5.32 Å². The molecular weight excluding hydrogens is 289 g/mol. The first-order chi connectivity index (χ1) is 9.08. The number of amides is 1. The van der Waals surface area contributed by atoms with Gasteiger partial charge in [-0.1, -0.05) is 23.2 Å². The summed E-state index contributed by atoms with van der Waals surface area (Å²) in [6, 6.07) is 4.74. The fourth-order valence-corrected chi connectivity index (χ4v) is 1.86. The monoisotopic (exact) mass is 305 g/mol. The van der Waals surface area contributed by atoms with Crippen LogP contribution >= 0.6 is 23.2 Å². The molecule has 0 fully saturated rings. The normalized spacial score (nSPS) is 10.8. The van der Waals surface area contributed by atoms with Crippen molar-refractivity contribution in [3.63, 3.8) is 0 Å². The molecule has 0 unspecified atom stereocenters. The Kier molecular flexibility index (Phi) is 7.16. The number of halogens is 2. The van der Waals surface area contributed by atoms with Crippen LogP contribution in [0.2, 0.25) is 10.0 Å². The second-order valence-corrected chi connectivity index (χ2v) is 4.52. The van der Waals surface area contributed by atoms with E-state index < -0.39 is 6.29 Å². The van der Waals surface area contributed by atoms with Crippen molar-refractivity contribution in [3.8, 4) is 0 Å². The highest BCUT2D eigenvalue weighted by Crippen LogP contribution is 2.20. The second-order valence-electron chi connectivity index (χ2n) is 3.67. The lowest BCUT2D eigenvalue weighted by Crippen LogP contribution is -2.35. The Morgan fingerprint density at radius 1 is 1.26 bits per heavy atom. The third-order valence-corrected chi connectivity index (χ3v) is 2.87. The van der Waals surface area contributed by atoms with Gasteiger partial charge in [-0.05, 0) is 32.0 Å². The average molecular weight is 306 g/mol. The van der Waals surface area contributed by atoms with Crippen molar-refractivity contribution in [3.05, 3.63) is 33.8 Å². The van der Waals surface area contributed by atoms with Gasteiger partial charge < -0.3 is 14.8 Å². The summed E-state index contributed by atoms with van der Waals surface area (Å²) in [5, 5.41) is 3.52. The van der Waals surface area contributed by atoms with Gasteiger partial charge in [-0.2, -0.15) is 0 Å². The Bertz CT molecular complexity index is 420. The molecule has 1 rings (SSSR count). The summed E-state index contributed by atoms with van der Waals surface area (Å²) in [6.07, 6.45) is -0.461. The minimum absolute atomic E-state index is 0.253. The molecule has 106 valence electrons. The van der Waals surface area contributed by atoms with Crippen LogP contribution in [0, 0.1) is 0 Å². The molecule has 0 aromatic heterocycles. The highest BCUT2D eigenvalue weighted by molar-refractivity contribution is 6.35. The lowest BCUT2D eigenvalue weighted by molar-refractivity contribution is -0.131. The zero-order valence-electron chi connectivity index (χ0n) is 10.9. The summed E-state index contributed by atoms with van der Waals surface area (Å²) >= 11 is 11.8. The van der Waals surface area contributed by atoms with E-state index in [1.165, 1.54) is 6.07 Å². The average Bonchev–Trinajstić information content (AvgIpc) is 2.39. The zero-order valence-corrected chi connectivity index (χ0v) is 12.4. The fraction of sp³-hybridized carbons (Fsp3) is 0.462. The van der Waals surface area contributed by atoms with Crippen molar-refractivity contribution < 1.29 is 14.3 Å². The van der Waals surface area contributed by atoms with Crippen LogP contribution in [-0.2, 0) is 9.47 Å². The minimum Gasteiger partial charge on any atom is -0.351 e. The number of carbonyl (C=O) groups excluding carboxylic acids is 1. The molecule has 0 atom stereocenters. The SMILES string of the molecule is CCOC(CNC(=O)c1cc(Cl)ccc1Cl)OCC. The van der Waals surface area contributed by atoms with Crippen molar-refractivity contribution in [2.75, 3.05) is 19.8 Å². The first kappa shape index (κ1) is 16.2. The van der Waals surface area contributed by atoms with Gasteiger partial charge in [-0.15, -0.1) is 0 Å². The molecule has 0 radical (unpaired) electrons. The van der Waals surface area contributed by atoms with Crippen LogP contribution in [0.15, 0.2) is 18.2 Å². The molecule has 0 aliphatic carbocycles. The Hall–Kier alpha value is -0.810. The largest absolute Gasteiger partial charge is 0.351 e. The number of rotatable bonds is 7. The van der Waals surface area contributed by atoms with Crippen molar-refractivity contribution >= 4 is 29.1 Å². The van der Waals surface area contributed by atoms with E-state index in [2.05, 4.69) is 5.32 Å². The number of carbonyl (C=O) groups is 1. The topological polar surface area (TPSA) is 47.6 Å². The molecule has 0 heterocycles. The van der Waals surface area contributed by atoms with Gasteiger partial charge in [0.2, 0.25) is 0 Å². The van der Waals surface area contributed by atoms with E-state index in [1.807, 2.05) is 13.8 Å². The molecule has 0 aliphatic rings. The van der Waals surface area contributed by atoms with E-state index in [0.29, 0.717) is 28.8 Å². The van der Waals surface area contributed by atoms with E-state index in [1.54, 1.807) is 12.1 Å². The molecule has 0 bridgehead atoms. The summed E-state index contributed by atoms with van der Waals surface area (Å²) in [7, 11) is 0. The van der Waals surface area contributed by atoms with Gasteiger partial charge >= 0.3 is 0 Å². The molecule has 19 heavy (non-hydrogen) atoms. The maximum Gasteiger partial charge on any atom is 0.253 e. The molecule has 4 nitrogen and oxygen atoms in total. The number of hydrogen-bond donors (Lipinski definition) is 1. The summed E-state index contributed by atoms with van der Waals surface area (Å²) in [5.41, 5.74) is 0.334. The van der Waals surface area contributed by atoms with E-state index in [-0.39, 0.29) is 12.5 Å². The Labute approximate surface area is 123 Å². The van der Waals surface area contributed by atoms with Crippen LogP contribution in [0.25, 0.3) is 0 Å². The van der Waals surface area contributed by atoms with Crippen LogP contribution in [-0.4, -0.2) is 32.0 Å². The van der Waals surface area contributed by atoms with Gasteiger partial charge in [0.25, 0.3) is 5.91 Å². The molecule has 1 N–H and O–H groups in total. The maximum absolute atomic E-state index is 12.0. The number of benzene rings is 1. The molecule has 1 aromatic rings. The molecule has 0 saturated heterocycles. The summed E-state index contributed by atoms with van der Waals surface area (Å²) in [6.45, 7) is 5.00. The van der Waals surface area contributed by atoms with Gasteiger partial charge in [-0.25, -0.2) is 0 Å². The van der Waals surface area contributed by atoms with Crippen LogP contribution in [0.5, 0.6) is 0 Å². The number of nitrogens with one attached hydrogen (secondary N) is 1. The van der Waals surface area contributed by atoms with E-state index in [0.717, 1.165) is 0 Å². The molecule has 6 heteroatoms. The van der Waals surface area contributed by atoms with Crippen LogP contribution in [0.3, 0.4) is 0 Å². The number of hydrogen-bond acceptors (Lipinski definition) is 3. The van der Waals surface area contributed by atoms with E-state index in [9.17, 15) is 4.79 Å². The van der Waals surface area contributed by atoms with Gasteiger partial charge in [0.05, 0.1) is 17.1 Å². The first-order valence-electron chi connectivity index (χ1n) is 6.04. The molecule has 0 aliphatic heterocycles. The lowest BCUT2D eigenvalue weighted by Gasteiger charge is -2.17. The van der Waals surface area contributed by atoms with Crippen LogP contribution in [0.4, 0.5) is 0 Å². The van der Waals surface area contributed by atoms with E-state index >= 15 is 0 Å². The van der Waals surface area contributed by atoms with Gasteiger partial charge in [-0.3, -0.25) is 4.79 Å². The van der Waals surface area contributed by atoms with Crippen molar-refractivity contribution in [2.24, 2.45) is 0 Å². The van der Waals surface area contributed by atoms with Gasteiger partial charge in [0.15, 0.2) is 6.29 Å². The predicted octanol–water partition coefficient (Wildman–Crippen LogP) is 3.12. The zero-order chi connectivity index (χ0) is 14.3. The molecule has 0 saturated carbocycles. The smallest absolute Gasteiger partial charge is 0.253 e. The van der Waals surface area contributed by atoms with E-state index in [4.69, 9.17) is 32.7 Å². The first-order valence-corrected chi connectivity index (χ1v) is 6.80. The summed E-state index contributed by atoms with van der Waals surface area (Å²) in [4.78, 5) is 12.0. The van der Waals surface area contributed by atoms with Crippen molar-refractivity contribution in [1.29, 1.82) is 0 Å². The third kappa shape index (κ3) is 5.37. The van der Waals surface area contributed by atoms with Crippen LogP contribution in [0.1, 0.15) is 24.2 Å². The Balaban J connectivity index is 2.61. The predicted molar refractivity (Wildman–Crippen MR) is 75.8 cm³/mol. The highest BCUT2D eigenvalue weighted by atomic mass is 35.5. The summed E-state index contributed by atoms with van der Waals surface area (Å²) in [5.74, 6) is -0.308. The highest BCUT2D eigenvalue weighted by Gasteiger charge is 2.14. The van der Waals surface area contributed by atoms with Crippen molar-refractivity contribution in [2.45, 2.75) is 20.1 Å². The lowest BCUT2D eigenvalue weighted by atomic mass is 10.2. The quantitative estimate of drug-likeness (QED) is 0.787. The second kappa shape index (κ2) is 8.38. The minimum atomic E-state index is -0.461. The maximum atomic E-state index is 12.0. The third-order valence-electron chi connectivity index (χ3n) is 2.31. The Morgan fingerprint density at radius 2 is 1.89 bits per heavy atom. The molecule has 0 spiro atoms. The molecule has 1 aromatic carbocycles. The fourth-order valence-electron chi connectivity index (χ4n) is 1.48. The molecular formula is C13H17Cl2NO3. The summed E-state index contributed by atoms with van der Waals surface area (Å²) < 4.78 is 10.7. The number of ether oxygens (including phenoxy) is 2. The van der Waals surface area contributed by atoms with Gasteiger partial charge in [0, 0.05) is 18.2 Å². The Morgan fingerprint density at radius 3 is 2.47 bits per heavy atom. The standard InChI is InChI=1S/C13H17Cl2NO3/c1-3-18-12(19-4-2)8-16-13(17)10-7-9(14)5-6-11(10)15/h5-7,12H,3-4,8H2,1-2H3,(H,16,17). The van der Waals surface area contributed by atoms with Gasteiger partial charge in [0.1, 0.15) is 0 Å². The molecule has 1 amide bonds. The van der Waals surface area contributed by atoms with Crippen LogP contribution < -0.4 is 5.32 Å².